The fourth-order valence-electron chi connectivity index (χ4n) is 2.78. The van der Waals surface area contributed by atoms with Crippen LogP contribution >= 0.6 is 0 Å². The van der Waals surface area contributed by atoms with E-state index in [-0.39, 0.29) is 30.0 Å². The van der Waals surface area contributed by atoms with E-state index >= 15 is 0 Å². The highest BCUT2D eigenvalue weighted by atomic mass is 32.2. The first-order valence-electron chi connectivity index (χ1n) is 8.07. The summed E-state index contributed by atoms with van der Waals surface area (Å²) >= 11 is 0. The van der Waals surface area contributed by atoms with Crippen LogP contribution in [0.1, 0.15) is 45.6 Å². The van der Waals surface area contributed by atoms with E-state index in [1.165, 1.54) is 4.31 Å². The number of amides is 1. The van der Waals surface area contributed by atoms with Gasteiger partial charge in [0.25, 0.3) is 0 Å². The highest BCUT2D eigenvalue weighted by Crippen LogP contribution is 2.29. The molecule has 1 aliphatic rings. The van der Waals surface area contributed by atoms with Crippen molar-refractivity contribution in [3.63, 3.8) is 0 Å². The monoisotopic (exact) mass is 338 g/mol. The maximum absolute atomic E-state index is 12.2. The van der Waals surface area contributed by atoms with Gasteiger partial charge in [0.15, 0.2) is 0 Å². The minimum atomic E-state index is -3.17. The van der Waals surface area contributed by atoms with Crippen LogP contribution in [0.3, 0.4) is 0 Å². The van der Waals surface area contributed by atoms with Gasteiger partial charge in [0.1, 0.15) is 0 Å². The molecule has 0 bridgehead atoms. The Hall–Kier alpha value is -1.40. The second kappa shape index (κ2) is 7.01. The number of carbonyl (C=O) groups excluding carboxylic acids is 1. The summed E-state index contributed by atoms with van der Waals surface area (Å²) in [5.41, 5.74) is 1.80. The molecule has 6 heteroatoms. The standard InChI is InChI=1S/C17H26N2O3S/c1-17(2,3)14-8-4-5-9-15(14)18-16(20)10-12-19-11-6-7-13-23(19,21)22/h4-5,8-9H,6-7,10-13H2,1-3H3,(H,18,20). The molecule has 0 radical (unpaired) electrons. The van der Waals surface area contributed by atoms with Crippen LogP contribution in [0.5, 0.6) is 0 Å². The van der Waals surface area contributed by atoms with Crippen LogP contribution in [0, 0.1) is 0 Å². The molecule has 1 aromatic rings. The lowest BCUT2D eigenvalue weighted by Crippen LogP contribution is -2.39. The van der Waals surface area contributed by atoms with Crippen molar-refractivity contribution >= 4 is 21.6 Å². The molecule has 128 valence electrons. The first kappa shape index (κ1) is 17.9. The lowest BCUT2D eigenvalue weighted by atomic mass is 9.86. The van der Waals surface area contributed by atoms with Crippen LogP contribution in [-0.4, -0.2) is 37.5 Å². The molecule has 1 aliphatic heterocycles. The van der Waals surface area contributed by atoms with Crippen molar-refractivity contribution in [1.82, 2.24) is 4.31 Å². The lowest BCUT2D eigenvalue weighted by molar-refractivity contribution is -0.116. The number of anilines is 1. The molecule has 1 amide bonds. The molecule has 0 saturated carbocycles. The maximum Gasteiger partial charge on any atom is 0.225 e. The Morgan fingerprint density at radius 1 is 1.22 bits per heavy atom. The molecule has 0 unspecified atom stereocenters. The molecule has 0 spiro atoms. The van der Waals surface area contributed by atoms with Gasteiger partial charge in [-0.25, -0.2) is 12.7 Å². The molecule has 2 rings (SSSR count). The first-order chi connectivity index (χ1) is 10.7. The Morgan fingerprint density at radius 2 is 1.91 bits per heavy atom. The van der Waals surface area contributed by atoms with Crippen LogP contribution < -0.4 is 5.32 Å². The number of hydrogen-bond donors (Lipinski definition) is 1. The molecular weight excluding hydrogens is 312 g/mol. The zero-order chi connectivity index (χ0) is 17.1. The van der Waals surface area contributed by atoms with Crippen molar-refractivity contribution < 1.29 is 13.2 Å². The highest BCUT2D eigenvalue weighted by molar-refractivity contribution is 7.89. The van der Waals surface area contributed by atoms with Crippen molar-refractivity contribution in [3.05, 3.63) is 29.8 Å². The summed E-state index contributed by atoms with van der Waals surface area (Å²) < 4.78 is 25.3. The van der Waals surface area contributed by atoms with Gasteiger partial charge in [-0.15, -0.1) is 0 Å². The van der Waals surface area contributed by atoms with Gasteiger partial charge in [-0.3, -0.25) is 4.79 Å². The van der Waals surface area contributed by atoms with E-state index in [0.717, 1.165) is 17.7 Å². The minimum Gasteiger partial charge on any atom is -0.326 e. The Balaban J connectivity index is 1.98. The number of benzene rings is 1. The van der Waals surface area contributed by atoms with E-state index in [4.69, 9.17) is 0 Å². The van der Waals surface area contributed by atoms with Crippen molar-refractivity contribution in [2.45, 2.75) is 45.4 Å². The lowest BCUT2D eigenvalue weighted by Gasteiger charge is -2.26. The SMILES string of the molecule is CC(C)(C)c1ccccc1NC(=O)CCN1CCCCS1(=O)=O. The number of nitrogens with zero attached hydrogens (tertiary/aromatic N) is 1. The second-order valence-electron chi connectivity index (χ2n) is 7.02. The van der Waals surface area contributed by atoms with Crippen molar-refractivity contribution in [3.8, 4) is 0 Å². The quantitative estimate of drug-likeness (QED) is 0.918. The Kier molecular flexibility index (Phi) is 5.47. The molecule has 0 aliphatic carbocycles. The Labute approximate surface area is 139 Å². The van der Waals surface area contributed by atoms with E-state index in [0.29, 0.717) is 13.0 Å². The molecule has 1 heterocycles. The number of rotatable bonds is 4. The van der Waals surface area contributed by atoms with Gasteiger partial charge >= 0.3 is 0 Å². The topological polar surface area (TPSA) is 66.5 Å². The summed E-state index contributed by atoms with van der Waals surface area (Å²) in [6.07, 6.45) is 1.76. The number of sulfonamides is 1. The summed E-state index contributed by atoms with van der Waals surface area (Å²) in [7, 11) is -3.17. The van der Waals surface area contributed by atoms with E-state index in [1.807, 2.05) is 24.3 Å². The maximum atomic E-state index is 12.2. The first-order valence-corrected chi connectivity index (χ1v) is 9.68. The van der Waals surface area contributed by atoms with E-state index in [9.17, 15) is 13.2 Å². The fraction of sp³-hybridized carbons (Fsp3) is 0.588. The van der Waals surface area contributed by atoms with E-state index in [2.05, 4.69) is 26.1 Å². The van der Waals surface area contributed by atoms with Crippen LogP contribution in [0.25, 0.3) is 0 Å². The molecule has 1 aromatic carbocycles. The third-order valence-corrected chi connectivity index (χ3v) is 6.01. The summed E-state index contributed by atoms with van der Waals surface area (Å²) in [6, 6.07) is 7.73. The van der Waals surface area contributed by atoms with Crippen LogP contribution in [0.15, 0.2) is 24.3 Å². The van der Waals surface area contributed by atoms with Gasteiger partial charge in [-0.2, -0.15) is 0 Å². The summed E-state index contributed by atoms with van der Waals surface area (Å²) in [6.45, 7) is 7.06. The molecular formula is C17H26N2O3S. The van der Waals surface area contributed by atoms with Crippen molar-refractivity contribution in [2.24, 2.45) is 0 Å². The highest BCUT2D eigenvalue weighted by Gasteiger charge is 2.26. The van der Waals surface area contributed by atoms with Gasteiger partial charge in [-0.05, 0) is 29.9 Å². The molecule has 0 aromatic heterocycles. The molecule has 5 nitrogen and oxygen atoms in total. The molecule has 1 fully saturated rings. The van der Waals surface area contributed by atoms with Crippen molar-refractivity contribution in [1.29, 1.82) is 0 Å². The average molecular weight is 338 g/mol. The zero-order valence-electron chi connectivity index (χ0n) is 14.1. The number of hydrogen-bond acceptors (Lipinski definition) is 3. The molecule has 1 N–H and O–H groups in total. The summed E-state index contributed by atoms with van der Waals surface area (Å²) in [5, 5.41) is 2.92. The largest absolute Gasteiger partial charge is 0.326 e. The van der Waals surface area contributed by atoms with E-state index < -0.39 is 10.0 Å². The predicted molar refractivity (Wildman–Crippen MR) is 93.0 cm³/mol. The normalized spacial score (nSPS) is 18.6. The van der Waals surface area contributed by atoms with Crippen LogP contribution in [0.4, 0.5) is 5.69 Å². The van der Waals surface area contributed by atoms with Gasteiger partial charge in [0.2, 0.25) is 15.9 Å². The third-order valence-electron chi connectivity index (χ3n) is 4.05. The molecule has 1 saturated heterocycles. The predicted octanol–water partition coefficient (Wildman–Crippen LogP) is 2.74. The summed E-state index contributed by atoms with van der Waals surface area (Å²) in [5.74, 6) is 0.0454. The number of carbonyl (C=O) groups is 1. The Morgan fingerprint density at radius 3 is 2.57 bits per heavy atom. The average Bonchev–Trinajstić information content (AvgIpc) is 2.45. The molecule has 0 atom stereocenters. The molecule has 23 heavy (non-hydrogen) atoms. The minimum absolute atomic E-state index is 0.0694. The van der Waals surface area contributed by atoms with Gasteiger partial charge < -0.3 is 5.32 Å². The van der Waals surface area contributed by atoms with E-state index in [1.54, 1.807) is 0 Å². The number of nitrogens with one attached hydrogen (secondary N) is 1. The second-order valence-corrected chi connectivity index (χ2v) is 9.10. The van der Waals surface area contributed by atoms with Gasteiger partial charge in [-0.1, -0.05) is 39.0 Å². The smallest absolute Gasteiger partial charge is 0.225 e. The third kappa shape index (κ3) is 4.78. The van der Waals surface area contributed by atoms with Gasteiger partial charge in [0, 0.05) is 25.2 Å². The van der Waals surface area contributed by atoms with Gasteiger partial charge in [0.05, 0.1) is 5.75 Å². The van der Waals surface area contributed by atoms with Crippen molar-refractivity contribution in [2.75, 3.05) is 24.2 Å². The summed E-state index contributed by atoms with van der Waals surface area (Å²) in [4.78, 5) is 12.2. The van der Waals surface area contributed by atoms with Crippen LogP contribution in [-0.2, 0) is 20.2 Å². The number of para-hydroxylation sites is 1. The zero-order valence-corrected chi connectivity index (χ0v) is 14.9. The fourth-order valence-corrected chi connectivity index (χ4v) is 4.38. The van der Waals surface area contributed by atoms with Crippen LogP contribution in [0.2, 0.25) is 0 Å². The Bertz CT molecular complexity index is 663.